The molecule has 0 saturated carbocycles. The molecule has 0 fully saturated rings. The first-order valence-electron chi connectivity index (χ1n) is 2.96. The predicted octanol–water partition coefficient (Wildman–Crippen LogP) is 2.85. The summed E-state index contributed by atoms with van der Waals surface area (Å²) in [6.45, 7) is 7.60. The third-order valence-corrected chi connectivity index (χ3v) is 0.740. The fraction of sp³-hybridized carbons (Fsp3) is 0.222. The van der Waals surface area contributed by atoms with Gasteiger partial charge in [0.05, 0.1) is 0 Å². The van der Waals surface area contributed by atoms with Crippen molar-refractivity contribution in [2.45, 2.75) is 13.8 Å². The summed E-state index contributed by atoms with van der Waals surface area (Å²) < 4.78 is 0. The highest BCUT2D eigenvalue weighted by atomic mass is 13.7. The van der Waals surface area contributed by atoms with E-state index in [9.17, 15) is 0 Å². The zero-order chi connectivity index (χ0) is 7.11. The number of hydrogen-bond donors (Lipinski definition) is 0. The predicted molar refractivity (Wildman–Crippen MR) is 42.3 cm³/mol. The van der Waals surface area contributed by atoms with Crippen LogP contribution in [-0.4, -0.2) is 0 Å². The monoisotopic (exact) mass is 120 g/mol. The summed E-state index contributed by atoms with van der Waals surface area (Å²) in [5, 5.41) is 0. The van der Waals surface area contributed by atoms with Crippen LogP contribution in [0.25, 0.3) is 0 Å². The highest BCUT2D eigenvalue weighted by Gasteiger charge is 1.66. The second-order valence-electron chi connectivity index (χ2n) is 1.83. The van der Waals surface area contributed by atoms with Gasteiger partial charge < -0.3 is 0 Å². The lowest BCUT2D eigenvalue weighted by Crippen LogP contribution is -1.56. The fourth-order valence-electron chi connectivity index (χ4n) is 0.364. The smallest absolute Gasteiger partial charge is 0.0203 e. The zero-order valence-corrected chi connectivity index (χ0v) is 6.02. The van der Waals surface area contributed by atoms with Crippen molar-refractivity contribution >= 4 is 0 Å². The first kappa shape index (κ1) is 8.00. The van der Waals surface area contributed by atoms with Crippen molar-refractivity contribution in [1.82, 2.24) is 0 Å². The normalized spacial score (nSPS) is 8.67. The Balaban J connectivity index is 3.74. The Bertz CT molecular complexity index is 164. The Hall–Kier alpha value is -1.00. The van der Waals surface area contributed by atoms with Gasteiger partial charge in [0.1, 0.15) is 0 Å². The van der Waals surface area contributed by atoms with Crippen molar-refractivity contribution in [2.24, 2.45) is 0 Å². The van der Waals surface area contributed by atoms with E-state index in [-0.39, 0.29) is 0 Å². The number of hydrogen-bond acceptors (Lipinski definition) is 0. The molecular weight excluding hydrogens is 108 g/mol. The van der Waals surface area contributed by atoms with Gasteiger partial charge in [-0.25, -0.2) is 0 Å². The van der Waals surface area contributed by atoms with Gasteiger partial charge >= 0.3 is 0 Å². The third kappa shape index (κ3) is 7.00. The van der Waals surface area contributed by atoms with E-state index >= 15 is 0 Å². The standard InChI is InChI=1S/C9H12/c1-4-5-6-7-8-9(2)3/h4,6-8H,2H2,1,3H3/b8-7-. The SMILES string of the molecule is C=C(C)/C=C\C=C=CC. The molecule has 0 atom stereocenters. The van der Waals surface area contributed by atoms with E-state index in [1.54, 1.807) is 0 Å². The summed E-state index contributed by atoms with van der Waals surface area (Å²) in [4.78, 5) is 0. The van der Waals surface area contributed by atoms with Gasteiger partial charge in [0.15, 0.2) is 0 Å². The molecule has 0 spiro atoms. The summed E-state index contributed by atoms with van der Waals surface area (Å²) >= 11 is 0. The molecule has 0 aliphatic heterocycles. The maximum Gasteiger partial charge on any atom is -0.0203 e. The van der Waals surface area contributed by atoms with Crippen LogP contribution in [0.15, 0.2) is 42.2 Å². The highest BCUT2D eigenvalue weighted by molar-refractivity contribution is 5.16. The van der Waals surface area contributed by atoms with E-state index in [0.29, 0.717) is 0 Å². The van der Waals surface area contributed by atoms with Gasteiger partial charge in [0.25, 0.3) is 0 Å². The maximum atomic E-state index is 3.71. The molecule has 48 valence electrons. The van der Waals surface area contributed by atoms with E-state index in [1.807, 2.05) is 38.2 Å². The van der Waals surface area contributed by atoms with Crippen LogP contribution < -0.4 is 0 Å². The van der Waals surface area contributed by atoms with Gasteiger partial charge in [0.2, 0.25) is 0 Å². The van der Waals surface area contributed by atoms with Crippen LogP contribution in [0.4, 0.5) is 0 Å². The van der Waals surface area contributed by atoms with Crippen LogP contribution in [0.5, 0.6) is 0 Å². The second-order valence-corrected chi connectivity index (χ2v) is 1.83. The zero-order valence-electron chi connectivity index (χ0n) is 6.02. The van der Waals surface area contributed by atoms with Gasteiger partial charge in [-0.1, -0.05) is 24.3 Å². The molecule has 0 aromatic carbocycles. The van der Waals surface area contributed by atoms with Crippen LogP contribution >= 0.6 is 0 Å². The second kappa shape index (κ2) is 5.14. The van der Waals surface area contributed by atoms with Crippen LogP contribution in [0.3, 0.4) is 0 Å². The Labute approximate surface area is 56.9 Å². The number of rotatable bonds is 2. The molecule has 0 aliphatic rings. The Kier molecular flexibility index (Phi) is 4.57. The summed E-state index contributed by atoms with van der Waals surface area (Å²) in [5.41, 5.74) is 3.99. The van der Waals surface area contributed by atoms with E-state index in [2.05, 4.69) is 12.3 Å². The molecule has 0 aliphatic carbocycles. The quantitative estimate of drug-likeness (QED) is 0.388. The Morgan fingerprint density at radius 2 is 2.22 bits per heavy atom. The molecule has 0 bridgehead atoms. The van der Waals surface area contributed by atoms with Gasteiger partial charge in [-0.15, -0.1) is 5.73 Å². The summed E-state index contributed by atoms with van der Waals surface area (Å²) in [5.74, 6) is 0. The molecule has 0 rings (SSSR count). The average molecular weight is 120 g/mol. The maximum absolute atomic E-state index is 3.71. The van der Waals surface area contributed by atoms with E-state index in [4.69, 9.17) is 0 Å². The largest absolute Gasteiger partial charge is 0.125 e. The average Bonchev–Trinajstić information content (AvgIpc) is 1.80. The van der Waals surface area contributed by atoms with Crippen molar-refractivity contribution < 1.29 is 0 Å². The molecule has 0 heterocycles. The van der Waals surface area contributed by atoms with Crippen molar-refractivity contribution in [3.05, 3.63) is 42.2 Å². The Morgan fingerprint density at radius 1 is 1.56 bits per heavy atom. The lowest BCUT2D eigenvalue weighted by Gasteiger charge is -1.77. The molecule has 0 unspecified atom stereocenters. The van der Waals surface area contributed by atoms with Crippen molar-refractivity contribution in [3.8, 4) is 0 Å². The van der Waals surface area contributed by atoms with Crippen molar-refractivity contribution in [1.29, 1.82) is 0 Å². The molecule has 0 nitrogen and oxygen atoms in total. The topological polar surface area (TPSA) is 0 Å². The van der Waals surface area contributed by atoms with Gasteiger partial charge in [-0.3, -0.25) is 0 Å². The summed E-state index contributed by atoms with van der Waals surface area (Å²) in [6, 6.07) is 0. The molecule has 0 amide bonds. The van der Waals surface area contributed by atoms with Gasteiger partial charge in [-0.2, -0.15) is 0 Å². The fourth-order valence-corrected chi connectivity index (χ4v) is 0.364. The molecule has 0 aromatic rings. The first-order valence-corrected chi connectivity index (χ1v) is 2.96. The molecule has 0 aromatic heterocycles. The molecule has 0 heteroatoms. The minimum Gasteiger partial charge on any atom is -0.125 e. The van der Waals surface area contributed by atoms with Crippen LogP contribution in [0.1, 0.15) is 13.8 Å². The highest BCUT2D eigenvalue weighted by Crippen LogP contribution is 1.87. The van der Waals surface area contributed by atoms with Gasteiger partial charge in [-0.05, 0) is 26.0 Å². The first-order chi connectivity index (χ1) is 4.27. The van der Waals surface area contributed by atoms with Crippen molar-refractivity contribution in [3.63, 3.8) is 0 Å². The molecule has 0 N–H and O–H groups in total. The summed E-state index contributed by atoms with van der Waals surface area (Å²) in [6.07, 6.45) is 7.58. The lowest BCUT2D eigenvalue weighted by atomic mass is 10.3. The number of allylic oxidation sites excluding steroid dienone is 4. The minimum atomic E-state index is 1.06. The van der Waals surface area contributed by atoms with Crippen molar-refractivity contribution in [2.75, 3.05) is 0 Å². The molecule has 0 radical (unpaired) electrons. The molecule has 9 heavy (non-hydrogen) atoms. The molecule has 0 saturated heterocycles. The van der Waals surface area contributed by atoms with E-state index in [0.717, 1.165) is 5.57 Å². The Morgan fingerprint density at radius 3 is 2.67 bits per heavy atom. The lowest BCUT2D eigenvalue weighted by molar-refractivity contribution is 1.56. The van der Waals surface area contributed by atoms with Crippen LogP contribution in [-0.2, 0) is 0 Å². The summed E-state index contributed by atoms with van der Waals surface area (Å²) in [7, 11) is 0. The third-order valence-electron chi connectivity index (χ3n) is 0.740. The van der Waals surface area contributed by atoms with E-state index < -0.39 is 0 Å². The van der Waals surface area contributed by atoms with Crippen LogP contribution in [0, 0.1) is 0 Å². The van der Waals surface area contributed by atoms with E-state index in [1.165, 1.54) is 0 Å². The molecular formula is C9H12. The van der Waals surface area contributed by atoms with Gasteiger partial charge in [0, 0.05) is 0 Å². The minimum absolute atomic E-state index is 1.06. The van der Waals surface area contributed by atoms with Crippen LogP contribution in [0.2, 0.25) is 0 Å².